The fourth-order valence-electron chi connectivity index (χ4n) is 2.36. The van der Waals surface area contributed by atoms with Crippen LogP contribution in [0.4, 0.5) is 9.52 Å². The van der Waals surface area contributed by atoms with Crippen LogP contribution in [-0.2, 0) is 0 Å². The summed E-state index contributed by atoms with van der Waals surface area (Å²) in [6, 6.07) is 11.7. The van der Waals surface area contributed by atoms with Gasteiger partial charge in [-0.25, -0.2) is 9.37 Å². The largest absolute Gasteiger partial charge is 0.308 e. The Balaban J connectivity index is 0.00000243. The summed E-state index contributed by atoms with van der Waals surface area (Å²) in [4.78, 5) is 21.2. The highest BCUT2D eigenvalue weighted by molar-refractivity contribution is 9.10. The van der Waals surface area contributed by atoms with E-state index in [4.69, 9.17) is 0 Å². The van der Waals surface area contributed by atoms with Crippen LogP contribution in [0.3, 0.4) is 0 Å². The second-order valence-electron chi connectivity index (χ2n) is 5.88. The third kappa shape index (κ3) is 4.79. The molecule has 3 aromatic rings. The van der Waals surface area contributed by atoms with Gasteiger partial charge in [-0.2, -0.15) is 0 Å². The number of halogens is 3. The molecule has 0 aliphatic rings. The van der Waals surface area contributed by atoms with Crippen molar-refractivity contribution in [1.82, 2.24) is 9.88 Å². The Morgan fingerprint density at radius 2 is 1.96 bits per heavy atom. The molecule has 0 N–H and O–H groups in total. The molecule has 0 unspecified atom stereocenters. The van der Waals surface area contributed by atoms with E-state index in [1.807, 2.05) is 31.1 Å². The molecule has 0 aliphatic heterocycles. The molecule has 1 aromatic heterocycles. The van der Waals surface area contributed by atoms with Crippen LogP contribution in [0.5, 0.6) is 0 Å². The number of aromatic nitrogens is 1. The van der Waals surface area contributed by atoms with E-state index in [1.54, 1.807) is 23.1 Å². The predicted molar refractivity (Wildman–Crippen MR) is 111 cm³/mol. The lowest BCUT2D eigenvalue weighted by molar-refractivity contribution is 0.0985. The van der Waals surface area contributed by atoms with E-state index < -0.39 is 0 Å². The van der Waals surface area contributed by atoms with Gasteiger partial charge in [0, 0.05) is 23.1 Å². The number of hydrogen-bond donors (Lipinski definition) is 0. The highest BCUT2D eigenvalue weighted by Crippen LogP contribution is 2.30. The number of rotatable bonds is 5. The summed E-state index contributed by atoms with van der Waals surface area (Å²) in [6.45, 7) is 1.20. The average Bonchev–Trinajstić information content (AvgIpc) is 2.97. The van der Waals surface area contributed by atoms with Gasteiger partial charge in [0.05, 0.1) is 10.2 Å². The molecule has 0 fully saturated rings. The van der Waals surface area contributed by atoms with Gasteiger partial charge in [0.1, 0.15) is 5.82 Å². The van der Waals surface area contributed by atoms with Crippen LogP contribution in [0.1, 0.15) is 10.4 Å². The van der Waals surface area contributed by atoms with Gasteiger partial charge in [0.2, 0.25) is 0 Å². The van der Waals surface area contributed by atoms with Gasteiger partial charge in [-0.3, -0.25) is 9.69 Å². The predicted octanol–water partition coefficient (Wildman–Crippen LogP) is 4.83. The lowest BCUT2D eigenvalue weighted by atomic mass is 10.2. The van der Waals surface area contributed by atoms with E-state index in [0.717, 1.165) is 9.17 Å². The molecule has 4 nitrogen and oxygen atoms in total. The molecule has 26 heavy (non-hydrogen) atoms. The van der Waals surface area contributed by atoms with E-state index in [0.29, 0.717) is 29.3 Å². The summed E-state index contributed by atoms with van der Waals surface area (Å²) in [5.41, 5.74) is 1.27. The van der Waals surface area contributed by atoms with Gasteiger partial charge in [0.25, 0.3) is 5.91 Å². The van der Waals surface area contributed by atoms with E-state index in [2.05, 4.69) is 20.9 Å². The molecule has 2 aromatic carbocycles. The zero-order chi connectivity index (χ0) is 18.0. The SMILES string of the molecule is CN(C)CCN(C(=O)c1cccc(Br)c1)c1nc2ccc(F)cc2s1.Cl. The standard InChI is InChI=1S/C18H17BrFN3OS.ClH/c1-22(2)8-9-23(17(24)12-4-3-5-13(19)10-12)18-21-15-7-6-14(20)11-16(15)25-18;/h3-7,10-11H,8-9H2,1-2H3;1H. The van der Waals surface area contributed by atoms with Crippen molar-refractivity contribution in [1.29, 1.82) is 0 Å². The molecule has 0 atom stereocenters. The first-order valence-corrected chi connectivity index (χ1v) is 9.33. The Morgan fingerprint density at radius 1 is 1.19 bits per heavy atom. The molecule has 0 spiro atoms. The van der Waals surface area contributed by atoms with Gasteiger partial charge in [-0.05, 0) is 50.5 Å². The topological polar surface area (TPSA) is 36.4 Å². The summed E-state index contributed by atoms with van der Waals surface area (Å²) in [5, 5.41) is 0.576. The van der Waals surface area contributed by atoms with Crippen molar-refractivity contribution < 1.29 is 9.18 Å². The van der Waals surface area contributed by atoms with Gasteiger partial charge in [-0.15, -0.1) is 12.4 Å². The molecule has 138 valence electrons. The summed E-state index contributed by atoms with van der Waals surface area (Å²) >= 11 is 4.72. The quantitative estimate of drug-likeness (QED) is 0.549. The average molecular weight is 459 g/mol. The van der Waals surface area contributed by atoms with Crippen LogP contribution in [0.25, 0.3) is 10.2 Å². The number of anilines is 1. The number of likely N-dealkylation sites (N-methyl/N-ethyl adjacent to an activating group) is 1. The second kappa shape index (κ2) is 8.90. The van der Waals surface area contributed by atoms with Crippen molar-refractivity contribution >= 4 is 60.9 Å². The number of carbonyl (C=O) groups is 1. The minimum atomic E-state index is -0.305. The lowest BCUT2D eigenvalue weighted by Crippen LogP contribution is -2.36. The van der Waals surface area contributed by atoms with Crippen molar-refractivity contribution in [2.24, 2.45) is 0 Å². The maximum Gasteiger partial charge on any atom is 0.260 e. The van der Waals surface area contributed by atoms with Crippen molar-refractivity contribution in [3.63, 3.8) is 0 Å². The fraction of sp³-hybridized carbons (Fsp3) is 0.222. The third-order valence-corrected chi connectivity index (χ3v) is 5.19. The van der Waals surface area contributed by atoms with Crippen molar-refractivity contribution in [2.75, 3.05) is 32.1 Å². The number of amides is 1. The van der Waals surface area contributed by atoms with Crippen molar-refractivity contribution in [2.45, 2.75) is 0 Å². The van der Waals surface area contributed by atoms with E-state index in [9.17, 15) is 9.18 Å². The van der Waals surface area contributed by atoms with Crippen LogP contribution in [0.15, 0.2) is 46.9 Å². The Labute approximate surface area is 170 Å². The first-order valence-electron chi connectivity index (χ1n) is 7.72. The first kappa shape index (κ1) is 20.8. The van der Waals surface area contributed by atoms with Crippen LogP contribution >= 0.6 is 39.7 Å². The summed E-state index contributed by atoms with van der Waals surface area (Å²) < 4.78 is 15.0. The Hall–Kier alpha value is -1.54. The monoisotopic (exact) mass is 457 g/mol. The van der Waals surface area contributed by atoms with Gasteiger partial charge in [-0.1, -0.05) is 33.3 Å². The van der Waals surface area contributed by atoms with Gasteiger partial charge >= 0.3 is 0 Å². The van der Waals surface area contributed by atoms with Gasteiger partial charge in [0.15, 0.2) is 5.13 Å². The third-order valence-electron chi connectivity index (χ3n) is 3.66. The number of fused-ring (bicyclic) bond motifs is 1. The Bertz CT molecular complexity index is 918. The molecular formula is C18H18BrClFN3OS. The summed E-state index contributed by atoms with van der Waals surface area (Å²) in [6.07, 6.45) is 0. The van der Waals surface area contributed by atoms with E-state index >= 15 is 0 Å². The lowest BCUT2D eigenvalue weighted by Gasteiger charge is -2.22. The number of thiazole rings is 1. The molecular weight excluding hydrogens is 441 g/mol. The van der Waals surface area contributed by atoms with Crippen LogP contribution in [0.2, 0.25) is 0 Å². The molecule has 0 saturated heterocycles. The summed E-state index contributed by atoms with van der Waals surface area (Å²) in [5.74, 6) is -0.427. The van der Waals surface area contributed by atoms with Crippen molar-refractivity contribution in [3.05, 3.63) is 58.3 Å². The van der Waals surface area contributed by atoms with Crippen LogP contribution in [0, 0.1) is 5.82 Å². The molecule has 8 heteroatoms. The van der Waals surface area contributed by atoms with E-state index in [1.165, 1.54) is 23.5 Å². The van der Waals surface area contributed by atoms with Crippen LogP contribution < -0.4 is 4.90 Å². The Morgan fingerprint density at radius 3 is 2.65 bits per heavy atom. The molecule has 0 radical (unpaired) electrons. The molecule has 1 heterocycles. The fourth-order valence-corrected chi connectivity index (χ4v) is 3.78. The minimum absolute atomic E-state index is 0. The maximum atomic E-state index is 13.5. The first-order chi connectivity index (χ1) is 11.9. The van der Waals surface area contributed by atoms with Crippen LogP contribution in [-0.4, -0.2) is 43.0 Å². The minimum Gasteiger partial charge on any atom is -0.308 e. The van der Waals surface area contributed by atoms with E-state index in [-0.39, 0.29) is 24.1 Å². The highest BCUT2D eigenvalue weighted by atomic mass is 79.9. The molecule has 0 saturated carbocycles. The number of benzene rings is 2. The number of hydrogen-bond acceptors (Lipinski definition) is 4. The smallest absolute Gasteiger partial charge is 0.260 e. The summed E-state index contributed by atoms with van der Waals surface area (Å²) in [7, 11) is 3.91. The van der Waals surface area contributed by atoms with Gasteiger partial charge < -0.3 is 4.90 Å². The van der Waals surface area contributed by atoms with Crippen molar-refractivity contribution in [3.8, 4) is 0 Å². The Kier molecular flexibility index (Phi) is 7.11. The molecule has 0 bridgehead atoms. The maximum absolute atomic E-state index is 13.5. The number of nitrogens with zero attached hydrogens (tertiary/aromatic N) is 3. The molecule has 0 aliphatic carbocycles. The molecule has 3 rings (SSSR count). The zero-order valence-electron chi connectivity index (χ0n) is 14.3. The molecule has 1 amide bonds. The normalized spacial score (nSPS) is 10.8. The number of carbonyl (C=O) groups excluding carboxylic acids is 1. The second-order valence-corrected chi connectivity index (χ2v) is 7.80. The highest BCUT2D eigenvalue weighted by Gasteiger charge is 2.21. The zero-order valence-corrected chi connectivity index (χ0v) is 17.5.